The predicted octanol–water partition coefficient (Wildman–Crippen LogP) is -0.0408. The van der Waals surface area contributed by atoms with E-state index in [1.165, 1.54) is 0 Å². The molecule has 2 atom stereocenters. The topological polar surface area (TPSA) is 46.9 Å². The maximum absolute atomic E-state index is 9.57. The minimum Gasteiger partial charge on any atom is -0.393 e. The van der Waals surface area contributed by atoms with Crippen molar-refractivity contribution in [1.82, 2.24) is 9.80 Å². The zero-order valence-electron chi connectivity index (χ0n) is 9.77. The first-order chi connectivity index (χ1) is 6.43. The highest BCUT2D eigenvalue weighted by Crippen LogP contribution is 2.06. The fourth-order valence-electron chi connectivity index (χ4n) is 1.15. The van der Waals surface area contributed by atoms with Crippen LogP contribution in [0.25, 0.3) is 0 Å². The van der Waals surface area contributed by atoms with Gasteiger partial charge in [-0.25, -0.2) is 0 Å². The molecule has 0 fully saturated rings. The molecule has 0 rings (SSSR count). The lowest BCUT2D eigenvalue weighted by atomic mass is 10.1. The molecule has 86 valence electrons. The second-order valence-corrected chi connectivity index (χ2v) is 4.27. The van der Waals surface area contributed by atoms with Crippen molar-refractivity contribution >= 4 is 0 Å². The molecule has 4 nitrogen and oxygen atoms in total. The summed E-state index contributed by atoms with van der Waals surface area (Å²) in [5.41, 5.74) is 0. The van der Waals surface area contributed by atoms with Gasteiger partial charge < -0.3 is 15.1 Å². The third-order valence-electron chi connectivity index (χ3n) is 2.26. The Kier molecular flexibility index (Phi) is 7.09. The van der Waals surface area contributed by atoms with Crippen LogP contribution >= 0.6 is 0 Å². The fraction of sp³-hybridized carbons (Fsp3) is 1.00. The van der Waals surface area contributed by atoms with Crippen molar-refractivity contribution in [3.05, 3.63) is 0 Å². The van der Waals surface area contributed by atoms with Gasteiger partial charge in [0.1, 0.15) is 6.23 Å². The summed E-state index contributed by atoms with van der Waals surface area (Å²) in [6.45, 7) is 0.888. The second-order valence-electron chi connectivity index (χ2n) is 4.27. The Morgan fingerprint density at radius 1 is 0.929 bits per heavy atom. The summed E-state index contributed by atoms with van der Waals surface area (Å²) in [5.74, 6) is 0. The van der Waals surface area contributed by atoms with E-state index < -0.39 is 6.23 Å². The highest BCUT2D eigenvalue weighted by atomic mass is 16.3. The molecule has 4 heteroatoms. The second kappa shape index (κ2) is 7.17. The molecule has 2 N–H and O–H groups in total. The van der Waals surface area contributed by atoms with Crippen molar-refractivity contribution in [3.63, 3.8) is 0 Å². The Labute approximate surface area is 87.1 Å². The van der Waals surface area contributed by atoms with Crippen LogP contribution < -0.4 is 0 Å². The number of aliphatic hydroxyl groups excluding tert-OH is 2. The van der Waals surface area contributed by atoms with Crippen LogP contribution in [0.4, 0.5) is 0 Å². The molecule has 2 unspecified atom stereocenters. The largest absolute Gasteiger partial charge is 0.393 e. The molecule has 0 aliphatic heterocycles. The lowest BCUT2D eigenvalue weighted by Gasteiger charge is -2.20. The van der Waals surface area contributed by atoms with E-state index in [0.717, 1.165) is 13.0 Å². The van der Waals surface area contributed by atoms with Gasteiger partial charge in [-0.05, 0) is 54.0 Å². The van der Waals surface area contributed by atoms with E-state index in [1.807, 2.05) is 33.1 Å². The van der Waals surface area contributed by atoms with Gasteiger partial charge in [0, 0.05) is 0 Å². The van der Waals surface area contributed by atoms with Crippen molar-refractivity contribution < 1.29 is 10.2 Å². The van der Waals surface area contributed by atoms with Gasteiger partial charge in [-0.3, -0.25) is 4.90 Å². The molecule has 0 aromatic rings. The van der Waals surface area contributed by atoms with Gasteiger partial charge in [0.2, 0.25) is 0 Å². The predicted molar refractivity (Wildman–Crippen MR) is 58.1 cm³/mol. The van der Waals surface area contributed by atoms with Crippen LogP contribution in [0.2, 0.25) is 0 Å². The third-order valence-corrected chi connectivity index (χ3v) is 2.26. The lowest BCUT2D eigenvalue weighted by molar-refractivity contribution is 0.0178. The van der Waals surface area contributed by atoms with E-state index in [4.69, 9.17) is 0 Å². The molecule has 0 aliphatic rings. The standard InChI is InChI=1S/C10H24N2O2/c1-11(2)8-7-9(13)5-6-10(14)12(3)4/h9-10,13-14H,5-8H2,1-4H3. The Morgan fingerprint density at radius 2 is 1.50 bits per heavy atom. The fourth-order valence-corrected chi connectivity index (χ4v) is 1.15. The zero-order chi connectivity index (χ0) is 11.1. The van der Waals surface area contributed by atoms with Crippen LogP contribution in [0.5, 0.6) is 0 Å². The van der Waals surface area contributed by atoms with E-state index >= 15 is 0 Å². The van der Waals surface area contributed by atoms with E-state index in [9.17, 15) is 10.2 Å². The molecule has 0 aromatic carbocycles. The quantitative estimate of drug-likeness (QED) is 0.571. The first-order valence-corrected chi connectivity index (χ1v) is 5.10. The molecule has 0 spiro atoms. The van der Waals surface area contributed by atoms with Crippen LogP contribution in [0, 0.1) is 0 Å². The van der Waals surface area contributed by atoms with Crippen LogP contribution in [-0.4, -0.2) is 67.1 Å². The molecular formula is C10H24N2O2. The number of nitrogens with zero attached hydrogens (tertiary/aromatic N) is 2. The highest BCUT2D eigenvalue weighted by molar-refractivity contribution is 4.61. The van der Waals surface area contributed by atoms with E-state index in [0.29, 0.717) is 12.8 Å². The molecule has 0 heterocycles. The molecule has 0 saturated heterocycles. The van der Waals surface area contributed by atoms with Gasteiger partial charge in [0.15, 0.2) is 0 Å². The number of hydrogen-bond acceptors (Lipinski definition) is 4. The van der Waals surface area contributed by atoms with Crippen molar-refractivity contribution in [2.75, 3.05) is 34.7 Å². The van der Waals surface area contributed by atoms with Crippen LogP contribution in [0.3, 0.4) is 0 Å². The molecule has 0 bridgehead atoms. The van der Waals surface area contributed by atoms with E-state index in [1.54, 1.807) is 4.90 Å². The molecule has 0 saturated carbocycles. The third kappa shape index (κ3) is 7.26. The van der Waals surface area contributed by atoms with Gasteiger partial charge in [0.25, 0.3) is 0 Å². The van der Waals surface area contributed by atoms with Gasteiger partial charge in [-0.15, -0.1) is 0 Å². The normalized spacial score (nSPS) is 16.3. The van der Waals surface area contributed by atoms with Crippen molar-refractivity contribution in [2.24, 2.45) is 0 Å². The highest BCUT2D eigenvalue weighted by Gasteiger charge is 2.10. The summed E-state index contributed by atoms with van der Waals surface area (Å²) < 4.78 is 0. The summed E-state index contributed by atoms with van der Waals surface area (Å²) in [7, 11) is 7.64. The van der Waals surface area contributed by atoms with Gasteiger partial charge >= 0.3 is 0 Å². The van der Waals surface area contributed by atoms with E-state index in [2.05, 4.69) is 0 Å². The Bertz CT molecular complexity index is 140. The minimum absolute atomic E-state index is 0.299. The average molecular weight is 204 g/mol. The molecule has 0 aromatic heterocycles. The minimum atomic E-state index is -0.441. The average Bonchev–Trinajstić information content (AvgIpc) is 2.10. The maximum Gasteiger partial charge on any atom is 0.106 e. The summed E-state index contributed by atoms with van der Waals surface area (Å²) in [5, 5.41) is 19.0. The SMILES string of the molecule is CN(C)CCC(O)CCC(O)N(C)C. The summed E-state index contributed by atoms with van der Waals surface area (Å²) in [6.07, 6.45) is 1.32. The number of hydrogen-bond donors (Lipinski definition) is 2. The molecule has 0 amide bonds. The van der Waals surface area contributed by atoms with Crippen LogP contribution in [0.15, 0.2) is 0 Å². The summed E-state index contributed by atoms with van der Waals surface area (Å²) in [4.78, 5) is 3.80. The monoisotopic (exact) mass is 204 g/mol. The molecular weight excluding hydrogens is 180 g/mol. The Morgan fingerprint density at radius 3 is 1.93 bits per heavy atom. The number of aliphatic hydroxyl groups is 2. The van der Waals surface area contributed by atoms with Crippen molar-refractivity contribution in [2.45, 2.75) is 31.6 Å². The first-order valence-electron chi connectivity index (χ1n) is 5.10. The summed E-state index contributed by atoms with van der Waals surface area (Å²) >= 11 is 0. The maximum atomic E-state index is 9.57. The zero-order valence-corrected chi connectivity index (χ0v) is 9.77. The molecule has 0 aliphatic carbocycles. The van der Waals surface area contributed by atoms with Gasteiger partial charge in [-0.2, -0.15) is 0 Å². The van der Waals surface area contributed by atoms with Crippen LogP contribution in [-0.2, 0) is 0 Å². The first kappa shape index (κ1) is 13.8. The molecule has 14 heavy (non-hydrogen) atoms. The van der Waals surface area contributed by atoms with E-state index in [-0.39, 0.29) is 6.10 Å². The smallest absolute Gasteiger partial charge is 0.106 e. The van der Waals surface area contributed by atoms with Crippen molar-refractivity contribution in [1.29, 1.82) is 0 Å². The molecule has 0 radical (unpaired) electrons. The number of rotatable bonds is 7. The Hall–Kier alpha value is -0.160. The van der Waals surface area contributed by atoms with Crippen LogP contribution in [0.1, 0.15) is 19.3 Å². The van der Waals surface area contributed by atoms with Gasteiger partial charge in [0.05, 0.1) is 6.10 Å². The Balaban J connectivity index is 3.48. The summed E-state index contributed by atoms with van der Waals surface area (Å²) in [6, 6.07) is 0. The lowest BCUT2D eigenvalue weighted by Crippen LogP contribution is -2.29. The van der Waals surface area contributed by atoms with Crippen molar-refractivity contribution in [3.8, 4) is 0 Å². The van der Waals surface area contributed by atoms with Gasteiger partial charge in [-0.1, -0.05) is 0 Å².